The first kappa shape index (κ1) is 19.9. The number of carbonyl (C=O) groups excluding carboxylic acids is 1. The van der Waals surface area contributed by atoms with Gasteiger partial charge in [-0.15, -0.1) is 0 Å². The molecule has 0 bridgehead atoms. The van der Waals surface area contributed by atoms with Crippen molar-refractivity contribution in [3.8, 4) is 0 Å². The first-order valence-corrected chi connectivity index (χ1v) is 10.6. The van der Waals surface area contributed by atoms with Crippen molar-refractivity contribution in [3.63, 3.8) is 0 Å². The molecule has 0 radical (unpaired) electrons. The Hall–Kier alpha value is -2.36. The second-order valence-electron chi connectivity index (χ2n) is 7.38. The molecule has 2 unspecified atom stereocenters. The van der Waals surface area contributed by atoms with Crippen LogP contribution in [0.2, 0.25) is 10.0 Å². The number of halogens is 2. The van der Waals surface area contributed by atoms with Crippen molar-refractivity contribution >= 4 is 47.1 Å². The Morgan fingerprint density at radius 2 is 1.45 bits per heavy atom. The van der Waals surface area contributed by atoms with Crippen LogP contribution in [-0.2, 0) is 4.79 Å². The fourth-order valence-electron chi connectivity index (χ4n) is 3.91. The van der Waals surface area contributed by atoms with Crippen LogP contribution in [0.3, 0.4) is 0 Å². The van der Waals surface area contributed by atoms with Gasteiger partial charge in [0, 0.05) is 16.1 Å². The maximum absolute atomic E-state index is 13.1. The summed E-state index contributed by atoms with van der Waals surface area (Å²) in [6.07, 6.45) is 11.7. The van der Waals surface area contributed by atoms with E-state index in [1.54, 1.807) is 6.08 Å². The fourth-order valence-corrected chi connectivity index (χ4v) is 4.16. The van der Waals surface area contributed by atoms with Gasteiger partial charge in [0.1, 0.15) is 5.84 Å². The second kappa shape index (κ2) is 8.98. The lowest BCUT2D eigenvalue weighted by Gasteiger charge is -2.30. The van der Waals surface area contributed by atoms with Crippen molar-refractivity contribution in [1.29, 1.82) is 0 Å². The van der Waals surface area contributed by atoms with Crippen LogP contribution in [0.1, 0.15) is 36.8 Å². The van der Waals surface area contributed by atoms with E-state index in [2.05, 4.69) is 0 Å². The molecule has 2 aliphatic rings. The third kappa shape index (κ3) is 4.80. The van der Waals surface area contributed by atoms with E-state index in [0.29, 0.717) is 10.0 Å². The molecule has 1 heterocycles. The number of hydrogen-bond acceptors (Lipinski definition) is 2. The molecule has 1 fully saturated rings. The van der Waals surface area contributed by atoms with Crippen molar-refractivity contribution in [2.24, 2.45) is 4.99 Å². The minimum atomic E-state index is -0.0335. The van der Waals surface area contributed by atoms with Gasteiger partial charge in [0.2, 0.25) is 0 Å². The molecule has 0 N–H and O–H groups in total. The first-order chi connectivity index (χ1) is 14.1. The molecule has 1 amide bonds. The molecule has 2 aromatic rings. The Morgan fingerprint density at radius 3 is 2.10 bits per heavy atom. The maximum Gasteiger partial charge on any atom is 0.252 e. The summed E-state index contributed by atoms with van der Waals surface area (Å²) in [5.74, 6) is 0.705. The number of fused-ring (bicyclic) bond motifs is 1. The van der Waals surface area contributed by atoms with Crippen molar-refractivity contribution in [1.82, 2.24) is 4.90 Å². The molecule has 0 aromatic heterocycles. The number of nitrogens with zero attached hydrogens (tertiary/aromatic N) is 2. The van der Waals surface area contributed by atoms with Crippen LogP contribution < -0.4 is 0 Å². The average Bonchev–Trinajstić information content (AvgIpc) is 3.11. The molecular weight excluding hydrogens is 403 g/mol. The van der Waals surface area contributed by atoms with Gasteiger partial charge in [0.05, 0.1) is 12.1 Å². The zero-order chi connectivity index (χ0) is 20.2. The van der Waals surface area contributed by atoms with Crippen LogP contribution in [0.4, 0.5) is 0 Å². The first-order valence-electron chi connectivity index (χ1n) is 9.88. The minimum Gasteiger partial charge on any atom is -0.288 e. The molecule has 148 valence electrons. The van der Waals surface area contributed by atoms with Gasteiger partial charge in [-0.25, -0.2) is 0 Å². The summed E-state index contributed by atoms with van der Waals surface area (Å²) in [4.78, 5) is 19.8. The highest BCUT2D eigenvalue weighted by atomic mass is 35.5. The highest BCUT2D eigenvalue weighted by Crippen LogP contribution is 2.31. The van der Waals surface area contributed by atoms with Crippen molar-refractivity contribution in [3.05, 3.63) is 81.9 Å². The number of amides is 1. The molecule has 5 heteroatoms. The molecule has 1 aliphatic carbocycles. The second-order valence-corrected chi connectivity index (χ2v) is 8.26. The zero-order valence-electron chi connectivity index (χ0n) is 16.0. The van der Waals surface area contributed by atoms with Gasteiger partial charge < -0.3 is 0 Å². The van der Waals surface area contributed by atoms with Crippen molar-refractivity contribution in [2.75, 3.05) is 0 Å². The zero-order valence-corrected chi connectivity index (χ0v) is 17.5. The molecule has 1 saturated carbocycles. The van der Waals surface area contributed by atoms with Gasteiger partial charge in [-0.05, 0) is 60.4 Å². The number of carbonyl (C=O) groups is 1. The van der Waals surface area contributed by atoms with Crippen LogP contribution in [0, 0.1) is 0 Å². The Kier molecular flexibility index (Phi) is 6.17. The van der Waals surface area contributed by atoms with E-state index in [1.165, 1.54) is 6.42 Å². The third-order valence-corrected chi connectivity index (χ3v) is 5.90. The van der Waals surface area contributed by atoms with Gasteiger partial charge in [0.15, 0.2) is 0 Å². The smallest absolute Gasteiger partial charge is 0.252 e. The number of aliphatic imine (C=N–C) groups is 1. The minimum absolute atomic E-state index is 0.0335. The van der Waals surface area contributed by atoms with Gasteiger partial charge in [-0.2, -0.15) is 0 Å². The highest BCUT2D eigenvalue weighted by molar-refractivity contribution is 6.30. The number of hydrogen-bond donors (Lipinski definition) is 0. The number of rotatable bonds is 4. The van der Waals surface area contributed by atoms with E-state index >= 15 is 0 Å². The molecule has 2 atom stereocenters. The SMILES string of the molecule is O=C(C=Cc1ccc(Cl)cc1)N1C(C=Cc2ccc(Cl)cc2)=NC2CCCCC21. The summed E-state index contributed by atoms with van der Waals surface area (Å²) in [6.45, 7) is 0. The predicted octanol–water partition coefficient (Wildman–Crippen LogP) is 6.27. The molecule has 3 nitrogen and oxygen atoms in total. The topological polar surface area (TPSA) is 32.7 Å². The maximum atomic E-state index is 13.1. The van der Waals surface area contributed by atoms with Crippen LogP contribution in [0.25, 0.3) is 12.2 Å². The number of benzene rings is 2. The molecular formula is C24H22Cl2N2O. The highest BCUT2D eigenvalue weighted by Gasteiger charge is 2.39. The molecule has 0 spiro atoms. The lowest BCUT2D eigenvalue weighted by Crippen LogP contribution is -2.44. The fraction of sp³-hybridized carbons (Fsp3) is 0.250. The van der Waals surface area contributed by atoms with E-state index < -0.39 is 0 Å². The van der Waals surface area contributed by atoms with E-state index in [9.17, 15) is 4.79 Å². The van der Waals surface area contributed by atoms with E-state index in [1.807, 2.05) is 71.7 Å². The third-order valence-electron chi connectivity index (χ3n) is 5.39. The summed E-state index contributed by atoms with van der Waals surface area (Å²) >= 11 is 11.9. The Morgan fingerprint density at radius 1 is 0.862 bits per heavy atom. The van der Waals surface area contributed by atoms with Gasteiger partial charge in [-0.3, -0.25) is 14.7 Å². The molecule has 0 saturated heterocycles. The van der Waals surface area contributed by atoms with Crippen LogP contribution in [0.15, 0.2) is 65.7 Å². The van der Waals surface area contributed by atoms with Crippen LogP contribution in [-0.4, -0.2) is 28.7 Å². The van der Waals surface area contributed by atoms with Crippen molar-refractivity contribution < 1.29 is 4.79 Å². The average molecular weight is 425 g/mol. The van der Waals surface area contributed by atoms with Gasteiger partial charge in [0.25, 0.3) is 5.91 Å². The van der Waals surface area contributed by atoms with Crippen molar-refractivity contribution in [2.45, 2.75) is 37.8 Å². The number of amidine groups is 1. The molecule has 1 aliphatic heterocycles. The molecule has 2 aromatic carbocycles. The summed E-state index contributed by atoms with van der Waals surface area (Å²) in [6, 6.07) is 15.4. The van der Waals surface area contributed by atoms with E-state index in [4.69, 9.17) is 28.2 Å². The van der Waals surface area contributed by atoms with Gasteiger partial charge >= 0.3 is 0 Å². The van der Waals surface area contributed by atoms with Gasteiger partial charge in [-0.1, -0.05) is 66.4 Å². The standard InChI is InChI=1S/C24H22Cl2N2O/c25-19-11-5-17(6-12-19)9-15-23-27-21-3-1-2-4-22(21)28(23)24(29)16-10-18-7-13-20(26)14-8-18/h5-16,21-22H,1-4H2. The largest absolute Gasteiger partial charge is 0.288 e. The summed E-state index contributed by atoms with van der Waals surface area (Å²) < 4.78 is 0. The summed E-state index contributed by atoms with van der Waals surface area (Å²) in [7, 11) is 0. The monoisotopic (exact) mass is 424 g/mol. The normalized spacial score (nSPS) is 21.6. The van der Waals surface area contributed by atoms with E-state index in [-0.39, 0.29) is 18.0 Å². The quantitative estimate of drug-likeness (QED) is 0.532. The molecule has 4 rings (SSSR count). The predicted molar refractivity (Wildman–Crippen MR) is 121 cm³/mol. The summed E-state index contributed by atoms with van der Waals surface area (Å²) in [5, 5.41) is 1.38. The Balaban J connectivity index is 1.55. The van der Waals surface area contributed by atoms with E-state index in [0.717, 1.165) is 36.2 Å². The Labute approximate surface area is 181 Å². The lowest BCUT2D eigenvalue weighted by atomic mass is 9.91. The van der Waals surface area contributed by atoms with Crippen LogP contribution in [0.5, 0.6) is 0 Å². The summed E-state index contributed by atoms with van der Waals surface area (Å²) in [5.41, 5.74) is 1.97. The lowest BCUT2D eigenvalue weighted by molar-refractivity contribution is -0.123. The molecule has 29 heavy (non-hydrogen) atoms. The van der Waals surface area contributed by atoms with Crippen LogP contribution >= 0.6 is 23.2 Å². The Bertz CT molecular complexity index is 961.